The molecule has 1 N–H and O–H groups in total. The van der Waals surface area contributed by atoms with Crippen molar-refractivity contribution in [2.75, 3.05) is 7.05 Å². The maximum Gasteiger partial charge on any atom is 0.253 e. The van der Waals surface area contributed by atoms with Crippen molar-refractivity contribution in [1.82, 2.24) is 10.2 Å². The maximum absolute atomic E-state index is 12.5. The van der Waals surface area contributed by atoms with Gasteiger partial charge < -0.3 is 10.2 Å². The lowest BCUT2D eigenvalue weighted by molar-refractivity contribution is 0.0785. The van der Waals surface area contributed by atoms with E-state index in [0.29, 0.717) is 11.6 Å². The summed E-state index contributed by atoms with van der Waals surface area (Å²) in [5, 5.41) is 3.98. The lowest BCUT2D eigenvalue weighted by Crippen LogP contribution is -2.26. The van der Waals surface area contributed by atoms with Crippen LogP contribution >= 0.6 is 11.6 Å². The lowest BCUT2D eigenvalue weighted by Gasteiger charge is -2.18. The molecule has 1 aliphatic rings. The molecule has 1 aliphatic heterocycles. The van der Waals surface area contributed by atoms with Crippen LogP contribution in [0.5, 0.6) is 0 Å². The SMILES string of the molecule is CN(Cc1ccccc1Cl)C(=O)c1ccc2c(c1)CNC2. The molecule has 1 heterocycles. The van der Waals surface area contributed by atoms with E-state index < -0.39 is 0 Å². The Kier molecular flexibility index (Phi) is 3.95. The van der Waals surface area contributed by atoms with E-state index in [1.54, 1.807) is 11.9 Å². The van der Waals surface area contributed by atoms with Crippen molar-refractivity contribution in [2.45, 2.75) is 19.6 Å². The number of benzene rings is 2. The third kappa shape index (κ3) is 2.94. The Morgan fingerprint density at radius 3 is 2.76 bits per heavy atom. The summed E-state index contributed by atoms with van der Waals surface area (Å²) in [5.41, 5.74) is 4.18. The van der Waals surface area contributed by atoms with Crippen molar-refractivity contribution in [3.8, 4) is 0 Å². The number of nitrogens with one attached hydrogen (secondary N) is 1. The predicted molar refractivity (Wildman–Crippen MR) is 84.2 cm³/mol. The molecule has 0 saturated carbocycles. The summed E-state index contributed by atoms with van der Waals surface area (Å²) in [6, 6.07) is 13.5. The van der Waals surface area contributed by atoms with Crippen molar-refractivity contribution in [1.29, 1.82) is 0 Å². The minimum atomic E-state index is 0.0182. The average Bonchev–Trinajstić information content (AvgIpc) is 2.96. The van der Waals surface area contributed by atoms with Crippen molar-refractivity contribution in [3.05, 3.63) is 69.7 Å². The second-order valence-electron chi connectivity index (χ2n) is 5.34. The second kappa shape index (κ2) is 5.88. The zero-order valence-corrected chi connectivity index (χ0v) is 12.7. The predicted octanol–water partition coefficient (Wildman–Crippen LogP) is 3.22. The van der Waals surface area contributed by atoms with Crippen LogP contribution in [-0.2, 0) is 19.6 Å². The molecule has 0 unspecified atom stereocenters. The third-order valence-corrected chi connectivity index (χ3v) is 4.16. The third-order valence-electron chi connectivity index (χ3n) is 3.80. The second-order valence-corrected chi connectivity index (χ2v) is 5.75. The molecule has 0 radical (unpaired) electrons. The highest BCUT2D eigenvalue weighted by Gasteiger charge is 2.16. The summed E-state index contributed by atoms with van der Waals surface area (Å²) in [5.74, 6) is 0.0182. The van der Waals surface area contributed by atoms with E-state index in [-0.39, 0.29) is 5.91 Å². The molecule has 3 nitrogen and oxygen atoms in total. The number of amides is 1. The Labute approximate surface area is 129 Å². The first-order valence-corrected chi connectivity index (χ1v) is 7.34. The van der Waals surface area contributed by atoms with Gasteiger partial charge in [-0.15, -0.1) is 0 Å². The molecule has 2 aromatic carbocycles. The van der Waals surface area contributed by atoms with Gasteiger partial charge in [0, 0.05) is 37.3 Å². The summed E-state index contributed by atoms with van der Waals surface area (Å²) in [6.07, 6.45) is 0. The lowest BCUT2D eigenvalue weighted by atomic mass is 10.1. The number of halogens is 1. The Hall–Kier alpha value is -1.84. The summed E-state index contributed by atoms with van der Waals surface area (Å²) in [7, 11) is 1.80. The van der Waals surface area contributed by atoms with Gasteiger partial charge in [0.05, 0.1) is 0 Å². The Bertz CT molecular complexity index is 684. The van der Waals surface area contributed by atoms with Gasteiger partial charge in [0.1, 0.15) is 0 Å². The van der Waals surface area contributed by atoms with Gasteiger partial charge in [-0.2, -0.15) is 0 Å². The van der Waals surface area contributed by atoms with Crippen LogP contribution in [0.4, 0.5) is 0 Å². The first-order valence-electron chi connectivity index (χ1n) is 6.96. The summed E-state index contributed by atoms with van der Waals surface area (Å²) < 4.78 is 0. The van der Waals surface area contributed by atoms with E-state index >= 15 is 0 Å². The van der Waals surface area contributed by atoms with Gasteiger partial charge in [0.2, 0.25) is 0 Å². The van der Waals surface area contributed by atoms with Crippen LogP contribution in [0.1, 0.15) is 27.0 Å². The molecular weight excluding hydrogens is 284 g/mol. The molecule has 4 heteroatoms. The van der Waals surface area contributed by atoms with Gasteiger partial charge in [-0.25, -0.2) is 0 Å². The molecule has 0 fully saturated rings. The number of rotatable bonds is 3. The highest BCUT2D eigenvalue weighted by Crippen LogP contribution is 2.20. The van der Waals surface area contributed by atoms with Gasteiger partial charge >= 0.3 is 0 Å². The Balaban J connectivity index is 1.77. The summed E-state index contributed by atoms with van der Waals surface area (Å²) >= 11 is 6.15. The largest absolute Gasteiger partial charge is 0.337 e. The molecule has 0 bridgehead atoms. The first kappa shape index (κ1) is 14.1. The van der Waals surface area contributed by atoms with E-state index in [9.17, 15) is 4.79 Å². The minimum absolute atomic E-state index is 0.0182. The molecule has 108 valence electrons. The standard InChI is InChI=1S/C17H17ClN2O/c1-20(11-14-4-2-3-5-16(14)18)17(21)12-6-7-13-9-19-10-15(13)8-12/h2-8,19H,9-11H2,1H3. The molecule has 0 saturated heterocycles. The minimum Gasteiger partial charge on any atom is -0.337 e. The molecule has 0 spiro atoms. The fourth-order valence-electron chi connectivity index (χ4n) is 2.60. The summed E-state index contributed by atoms with van der Waals surface area (Å²) in [6.45, 7) is 2.23. The molecule has 0 aromatic heterocycles. The van der Waals surface area contributed by atoms with Crippen LogP contribution in [0.3, 0.4) is 0 Å². The average molecular weight is 301 g/mol. The van der Waals surface area contributed by atoms with Crippen LogP contribution in [0.2, 0.25) is 5.02 Å². The Morgan fingerprint density at radius 1 is 1.19 bits per heavy atom. The van der Waals surface area contributed by atoms with Crippen LogP contribution in [0.15, 0.2) is 42.5 Å². The van der Waals surface area contributed by atoms with E-state index in [1.165, 1.54) is 11.1 Å². The van der Waals surface area contributed by atoms with Crippen molar-refractivity contribution >= 4 is 17.5 Å². The van der Waals surface area contributed by atoms with Crippen LogP contribution in [0, 0.1) is 0 Å². The fourth-order valence-corrected chi connectivity index (χ4v) is 2.80. The van der Waals surface area contributed by atoms with E-state index in [2.05, 4.69) is 5.32 Å². The van der Waals surface area contributed by atoms with Crippen molar-refractivity contribution in [2.24, 2.45) is 0 Å². The zero-order valence-electron chi connectivity index (χ0n) is 11.9. The number of hydrogen-bond acceptors (Lipinski definition) is 2. The van der Waals surface area contributed by atoms with Gasteiger partial charge in [0.25, 0.3) is 5.91 Å². The smallest absolute Gasteiger partial charge is 0.253 e. The molecule has 0 atom stereocenters. The molecule has 2 aromatic rings. The summed E-state index contributed by atoms with van der Waals surface area (Å²) in [4.78, 5) is 14.2. The van der Waals surface area contributed by atoms with Crippen molar-refractivity contribution < 1.29 is 4.79 Å². The monoisotopic (exact) mass is 300 g/mol. The van der Waals surface area contributed by atoms with E-state index in [0.717, 1.165) is 24.2 Å². The van der Waals surface area contributed by atoms with Gasteiger partial charge in [-0.3, -0.25) is 4.79 Å². The van der Waals surface area contributed by atoms with E-state index in [1.807, 2.05) is 42.5 Å². The number of carbonyl (C=O) groups excluding carboxylic acids is 1. The number of carbonyl (C=O) groups is 1. The van der Waals surface area contributed by atoms with E-state index in [4.69, 9.17) is 11.6 Å². The quantitative estimate of drug-likeness (QED) is 0.944. The van der Waals surface area contributed by atoms with Gasteiger partial charge in [-0.05, 0) is 34.9 Å². The molecule has 1 amide bonds. The topological polar surface area (TPSA) is 32.3 Å². The zero-order chi connectivity index (χ0) is 14.8. The normalized spacial score (nSPS) is 13.0. The highest BCUT2D eigenvalue weighted by molar-refractivity contribution is 6.31. The van der Waals surface area contributed by atoms with Crippen molar-refractivity contribution in [3.63, 3.8) is 0 Å². The Morgan fingerprint density at radius 2 is 1.95 bits per heavy atom. The number of hydrogen-bond donors (Lipinski definition) is 1. The van der Waals surface area contributed by atoms with Crippen LogP contribution in [-0.4, -0.2) is 17.9 Å². The number of nitrogens with zero attached hydrogens (tertiary/aromatic N) is 1. The van der Waals surface area contributed by atoms with Crippen LogP contribution < -0.4 is 5.32 Å². The molecular formula is C17H17ClN2O. The molecule has 0 aliphatic carbocycles. The fraction of sp³-hybridized carbons (Fsp3) is 0.235. The molecule has 21 heavy (non-hydrogen) atoms. The maximum atomic E-state index is 12.5. The van der Waals surface area contributed by atoms with Gasteiger partial charge in [-0.1, -0.05) is 35.9 Å². The molecule has 3 rings (SSSR count). The van der Waals surface area contributed by atoms with Gasteiger partial charge in [0.15, 0.2) is 0 Å². The van der Waals surface area contributed by atoms with Crippen LogP contribution in [0.25, 0.3) is 0 Å². The number of fused-ring (bicyclic) bond motifs is 1. The highest BCUT2D eigenvalue weighted by atomic mass is 35.5. The first-order chi connectivity index (χ1) is 10.1.